The first kappa shape index (κ1) is 26.9. The van der Waals surface area contributed by atoms with Crippen molar-refractivity contribution in [3.63, 3.8) is 0 Å². The molecule has 0 saturated carbocycles. The van der Waals surface area contributed by atoms with E-state index in [-0.39, 0.29) is 23.9 Å². The summed E-state index contributed by atoms with van der Waals surface area (Å²) in [5.41, 5.74) is 3.31. The van der Waals surface area contributed by atoms with Crippen LogP contribution in [0.5, 0.6) is 11.5 Å². The van der Waals surface area contributed by atoms with Gasteiger partial charge in [0.05, 0.1) is 19.9 Å². The third-order valence-electron chi connectivity index (χ3n) is 5.58. The number of aryl methyl sites for hydroxylation is 1. The average Bonchev–Trinajstić information content (AvgIpc) is 2.88. The minimum atomic E-state index is -0.418. The smallest absolute Gasteiger partial charge is 0.323 e. The number of anilines is 3. The maximum absolute atomic E-state index is 12.6. The lowest BCUT2D eigenvalue weighted by Gasteiger charge is -2.14. The predicted octanol–water partition coefficient (Wildman–Crippen LogP) is 5.32. The summed E-state index contributed by atoms with van der Waals surface area (Å²) in [6.07, 6.45) is 0.651. The molecule has 0 radical (unpaired) electrons. The Morgan fingerprint density at radius 1 is 0.703 bits per heavy atom. The number of benzene rings is 3. The molecule has 0 heterocycles. The van der Waals surface area contributed by atoms with Gasteiger partial charge in [0.25, 0.3) is 0 Å². The maximum atomic E-state index is 12.6. The van der Waals surface area contributed by atoms with Gasteiger partial charge in [0.15, 0.2) is 23.1 Å². The van der Waals surface area contributed by atoms with Crippen molar-refractivity contribution in [1.29, 1.82) is 0 Å². The summed E-state index contributed by atoms with van der Waals surface area (Å²) < 4.78 is 10.5. The lowest BCUT2D eigenvalue weighted by Crippen LogP contribution is -2.19. The van der Waals surface area contributed by atoms with E-state index in [9.17, 15) is 19.2 Å². The van der Waals surface area contributed by atoms with E-state index in [1.807, 2.05) is 12.1 Å². The first-order chi connectivity index (χ1) is 17.7. The van der Waals surface area contributed by atoms with Crippen LogP contribution in [0, 0.1) is 0 Å². The van der Waals surface area contributed by atoms with E-state index in [1.54, 1.807) is 48.5 Å². The molecule has 9 heteroatoms. The SMILES string of the molecule is COc1cc(NC(=O)CCc2ccc(NC(=O)Nc3ccc(C(C)=O)cc3)cc2)c(C(C)=O)cc1OC. The normalized spacial score (nSPS) is 10.3. The quantitative estimate of drug-likeness (QED) is 0.322. The highest BCUT2D eigenvalue weighted by Crippen LogP contribution is 2.33. The maximum Gasteiger partial charge on any atom is 0.323 e. The van der Waals surface area contributed by atoms with Crippen LogP contribution in [0.1, 0.15) is 46.5 Å². The van der Waals surface area contributed by atoms with Crippen molar-refractivity contribution in [3.05, 3.63) is 77.4 Å². The molecule has 3 N–H and O–H groups in total. The summed E-state index contributed by atoms with van der Waals surface area (Å²) in [7, 11) is 2.95. The zero-order valence-electron chi connectivity index (χ0n) is 21.1. The fourth-order valence-corrected chi connectivity index (χ4v) is 3.58. The molecule has 3 aromatic carbocycles. The summed E-state index contributed by atoms with van der Waals surface area (Å²) >= 11 is 0. The van der Waals surface area contributed by atoms with E-state index >= 15 is 0 Å². The van der Waals surface area contributed by atoms with Gasteiger partial charge in [0, 0.05) is 35.0 Å². The molecule has 3 amide bonds. The zero-order chi connectivity index (χ0) is 26.9. The third kappa shape index (κ3) is 7.41. The lowest BCUT2D eigenvalue weighted by atomic mass is 10.1. The summed E-state index contributed by atoms with van der Waals surface area (Å²) in [4.78, 5) is 48.2. The minimum absolute atomic E-state index is 0.0460. The first-order valence-corrected chi connectivity index (χ1v) is 11.5. The molecule has 0 unspecified atom stereocenters. The van der Waals surface area contributed by atoms with E-state index < -0.39 is 6.03 Å². The highest BCUT2D eigenvalue weighted by molar-refractivity contribution is 6.04. The number of methoxy groups -OCH3 is 2. The number of urea groups is 1. The second-order valence-corrected chi connectivity index (χ2v) is 8.27. The number of carbonyl (C=O) groups is 4. The molecule has 0 spiro atoms. The van der Waals surface area contributed by atoms with Crippen LogP contribution in [0.3, 0.4) is 0 Å². The molecule has 0 saturated heterocycles. The van der Waals surface area contributed by atoms with E-state index in [4.69, 9.17) is 9.47 Å². The lowest BCUT2D eigenvalue weighted by molar-refractivity contribution is -0.116. The van der Waals surface area contributed by atoms with Gasteiger partial charge in [0.1, 0.15) is 0 Å². The largest absolute Gasteiger partial charge is 0.493 e. The first-order valence-electron chi connectivity index (χ1n) is 11.5. The van der Waals surface area contributed by atoms with E-state index in [1.165, 1.54) is 28.1 Å². The van der Waals surface area contributed by atoms with Crippen molar-refractivity contribution in [2.75, 3.05) is 30.2 Å². The van der Waals surface area contributed by atoms with Crippen LogP contribution in [0.4, 0.5) is 21.9 Å². The number of hydrogen-bond donors (Lipinski definition) is 3. The van der Waals surface area contributed by atoms with Gasteiger partial charge in [-0.05, 0) is 68.3 Å². The van der Waals surface area contributed by atoms with Crippen LogP contribution in [-0.4, -0.2) is 37.7 Å². The molecule has 3 aromatic rings. The molecule has 0 aliphatic heterocycles. The van der Waals surface area contributed by atoms with Gasteiger partial charge >= 0.3 is 6.03 Å². The number of rotatable bonds is 10. The van der Waals surface area contributed by atoms with Crippen LogP contribution in [0.25, 0.3) is 0 Å². The van der Waals surface area contributed by atoms with Crippen LogP contribution in [-0.2, 0) is 11.2 Å². The van der Waals surface area contributed by atoms with Gasteiger partial charge in [0.2, 0.25) is 5.91 Å². The Labute approximate surface area is 215 Å². The second kappa shape index (κ2) is 12.3. The fourth-order valence-electron chi connectivity index (χ4n) is 3.58. The zero-order valence-corrected chi connectivity index (χ0v) is 21.1. The van der Waals surface area contributed by atoms with Crippen molar-refractivity contribution in [1.82, 2.24) is 0 Å². The summed E-state index contributed by atoms with van der Waals surface area (Å²) in [5.74, 6) is 0.292. The summed E-state index contributed by atoms with van der Waals surface area (Å²) in [5, 5.41) is 8.23. The molecule has 9 nitrogen and oxygen atoms in total. The van der Waals surface area contributed by atoms with Gasteiger partial charge < -0.3 is 25.4 Å². The van der Waals surface area contributed by atoms with Crippen LogP contribution < -0.4 is 25.4 Å². The minimum Gasteiger partial charge on any atom is -0.493 e. The Hall–Kier alpha value is -4.66. The van der Waals surface area contributed by atoms with Crippen molar-refractivity contribution < 1.29 is 28.7 Å². The molecular formula is C28H29N3O6. The van der Waals surface area contributed by atoms with Crippen LogP contribution in [0.2, 0.25) is 0 Å². The molecule has 0 aromatic heterocycles. The third-order valence-corrected chi connectivity index (χ3v) is 5.58. The predicted molar refractivity (Wildman–Crippen MR) is 142 cm³/mol. The Morgan fingerprint density at radius 2 is 1.24 bits per heavy atom. The summed E-state index contributed by atoms with van der Waals surface area (Å²) in [6.45, 7) is 2.89. The molecule has 0 bridgehead atoms. The van der Waals surface area contributed by atoms with Crippen molar-refractivity contribution in [2.45, 2.75) is 26.7 Å². The molecule has 0 atom stereocenters. The standard InChI is InChI=1S/C28H29N3O6/c1-17(32)20-8-12-22(13-9-20)30-28(35)29-21-10-5-19(6-11-21)7-14-27(34)31-24-16-26(37-4)25(36-3)15-23(24)18(2)33/h5-6,8-13,15-16H,7,14H2,1-4H3,(H,31,34)(H2,29,30,35). The Balaban J connectivity index is 1.54. The number of ketones is 2. The number of amides is 3. The number of ether oxygens (including phenoxy) is 2. The van der Waals surface area contributed by atoms with Gasteiger partial charge in [-0.15, -0.1) is 0 Å². The van der Waals surface area contributed by atoms with Crippen LogP contribution >= 0.6 is 0 Å². The number of Topliss-reactive ketones (excluding diaryl/α,β-unsaturated/α-hetero) is 2. The fraction of sp³-hybridized carbons (Fsp3) is 0.214. The number of carbonyl (C=O) groups excluding carboxylic acids is 4. The molecule has 37 heavy (non-hydrogen) atoms. The van der Waals surface area contributed by atoms with Gasteiger partial charge in [-0.3, -0.25) is 14.4 Å². The molecule has 0 aliphatic rings. The monoisotopic (exact) mass is 503 g/mol. The van der Waals surface area contributed by atoms with Crippen molar-refractivity contribution >= 4 is 40.6 Å². The Kier molecular flexibility index (Phi) is 8.99. The number of hydrogen-bond acceptors (Lipinski definition) is 6. The van der Waals surface area contributed by atoms with E-state index in [0.29, 0.717) is 46.1 Å². The van der Waals surface area contributed by atoms with Gasteiger partial charge in [-0.1, -0.05) is 12.1 Å². The average molecular weight is 504 g/mol. The molecular weight excluding hydrogens is 474 g/mol. The van der Waals surface area contributed by atoms with E-state index in [0.717, 1.165) is 5.56 Å². The van der Waals surface area contributed by atoms with Gasteiger partial charge in [-0.2, -0.15) is 0 Å². The Morgan fingerprint density at radius 3 is 1.76 bits per heavy atom. The topological polar surface area (TPSA) is 123 Å². The second-order valence-electron chi connectivity index (χ2n) is 8.27. The van der Waals surface area contributed by atoms with Crippen molar-refractivity contribution in [3.8, 4) is 11.5 Å². The highest BCUT2D eigenvalue weighted by atomic mass is 16.5. The molecule has 0 fully saturated rings. The van der Waals surface area contributed by atoms with Gasteiger partial charge in [-0.25, -0.2) is 4.79 Å². The molecule has 192 valence electrons. The Bertz CT molecular complexity index is 1300. The summed E-state index contributed by atoms with van der Waals surface area (Å²) in [6, 6.07) is 16.4. The van der Waals surface area contributed by atoms with Crippen LogP contribution in [0.15, 0.2) is 60.7 Å². The highest BCUT2D eigenvalue weighted by Gasteiger charge is 2.16. The van der Waals surface area contributed by atoms with E-state index in [2.05, 4.69) is 16.0 Å². The number of nitrogens with one attached hydrogen (secondary N) is 3. The van der Waals surface area contributed by atoms with Crippen molar-refractivity contribution in [2.24, 2.45) is 0 Å². The molecule has 0 aliphatic carbocycles. The molecule has 3 rings (SSSR count).